The lowest BCUT2D eigenvalue weighted by molar-refractivity contribution is 0.569. The van der Waals surface area contributed by atoms with Gasteiger partial charge in [0.15, 0.2) is 0 Å². The first-order chi connectivity index (χ1) is 9.67. The van der Waals surface area contributed by atoms with Crippen molar-refractivity contribution in [3.63, 3.8) is 0 Å². The van der Waals surface area contributed by atoms with E-state index < -0.39 is 0 Å². The number of imidazole rings is 1. The lowest BCUT2D eigenvalue weighted by atomic mass is 10.1. The summed E-state index contributed by atoms with van der Waals surface area (Å²) in [6, 6.07) is 6.86. The summed E-state index contributed by atoms with van der Waals surface area (Å²) in [6.45, 7) is 7.54. The Kier molecular flexibility index (Phi) is 5.38. The normalized spacial score (nSPS) is 12.6. The monoisotopic (exact) mass is 335 g/mol. The highest BCUT2D eigenvalue weighted by molar-refractivity contribution is 9.10. The van der Waals surface area contributed by atoms with Crippen LogP contribution in [-0.4, -0.2) is 16.1 Å². The lowest BCUT2D eigenvalue weighted by Crippen LogP contribution is -2.19. The number of hydrogen-bond donors (Lipinski definition) is 1. The second-order valence-corrected chi connectivity index (χ2v) is 5.80. The maximum atomic E-state index is 4.37. The maximum absolute atomic E-state index is 4.37. The zero-order valence-electron chi connectivity index (χ0n) is 12.4. The molecule has 0 aliphatic carbocycles. The fourth-order valence-electron chi connectivity index (χ4n) is 2.32. The summed E-state index contributed by atoms with van der Waals surface area (Å²) in [5, 5.41) is 3.52. The van der Waals surface area contributed by atoms with Crippen molar-refractivity contribution >= 4 is 15.9 Å². The number of aromatic nitrogens is 2. The number of halogens is 1. The largest absolute Gasteiger partial charge is 0.310 e. The molecule has 0 saturated heterocycles. The van der Waals surface area contributed by atoms with Gasteiger partial charge in [-0.3, -0.25) is 0 Å². The average Bonchev–Trinajstić information content (AvgIpc) is 2.93. The Hall–Kier alpha value is -1.13. The van der Waals surface area contributed by atoms with Crippen LogP contribution in [0.3, 0.4) is 0 Å². The molecule has 0 spiro atoms. The minimum Gasteiger partial charge on any atom is -0.310 e. The van der Waals surface area contributed by atoms with Crippen LogP contribution in [0.5, 0.6) is 0 Å². The first kappa shape index (κ1) is 15.3. The van der Waals surface area contributed by atoms with E-state index in [2.05, 4.69) is 69.8 Å². The Balaban J connectivity index is 2.26. The van der Waals surface area contributed by atoms with Crippen molar-refractivity contribution in [3.8, 4) is 5.69 Å². The van der Waals surface area contributed by atoms with Gasteiger partial charge in [-0.05, 0) is 37.6 Å². The van der Waals surface area contributed by atoms with Crippen molar-refractivity contribution < 1.29 is 0 Å². The molecule has 0 aliphatic rings. The molecule has 0 amide bonds. The first-order valence-corrected chi connectivity index (χ1v) is 8.02. The molecule has 4 heteroatoms. The second kappa shape index (κ2) is 7.04. The number of aryl methyl sites for hydroxylation is 1. The van der Waals surface area contributed by atoms with Gasteiger partial charge in [0.2, 0.25) is 0 Å². The first-order valence-electron chi connectivity index (χ1n) is 7.22. The maximum Gasteiger partial charge on any atom is 0.112 e. The smallest absolute Gasteiger partial charge is 0.112 e. The van der Waals surface area contributed by atoms with Crippen LogP contribution in [0.4, 0.5) is 0 Å². The van der Waals surface area contributed by atoms with Gasteiger partial charge in [-0.25, -0.2) is 4.98 Å². The molecule has 3 nitrogen and oxygen atoms in total. The Labute approximate surface area is 129 Å². The highest BCUT2D eigenvalue weighted by atomic mass is 79.9. The number of nitrogens with one attached hydrogen (secondary N) is 1. The molecular formula is C16H22BrN3. The molecule has 20 heavy (non-hydrogen) atoms. The van der Waals surface area contributed by atoms with Gasteiger partial charge in [0.1, 0.15) is 5.82 Å². The molecule has 0 saturated carbocycles. The third-order valence-electron chi connectivity index (χ3n) is 3.46. The molecule has 1 unspecified atom stereocenters. The van der Waals surface area contributed by atoms with Crippen molar-refractivity contribution in [2.45, 2.75) is 39.7 Å². The SMILES string of the molecule is CCCNC(C)c1ccc(-n2ccnc2CC)cc1Br. The Morgan fingerprint density at radius 3 is 2.80 bits per heavy atom. The minimum absolute atomic E-state index is 0.354. The molecular weight excluding hydrogens is 314 g/mol. The summed E-state index contributed by atoms with van der Waals surface area (Å²) in [5.41, 5.74) is 2.44. The van der Waals surface area contributed by atoms with E-state index in [-0.39, 0.29) is 0 Å². The molecule has 1 heterocycles. The molecule has 1 aromatic carbocycles. The summed E-state index contributed by atoms with van der Waals surface area (Å²) >= 11 is 3.70. The van der Waals surface area contributed by atoms with Crippen LogP contribution < -0.4 is 5.32 Å². The summed E-state index contributed by atoms with van der Waals surface area (Å²) < 4.78 is 3.28. The summed E-state index contributed by atoms with van der Waals surface area (Å²) in [5.74, 6) is 1.09. The van der Waals surface area contributed by atoms with E-state index >= 15 is 0 Å². The van der Waals surface area contributed by atoms with Gasteiger partial charge in [0, 0.05) is 35.0 Å². The Bertz CT molecular complexity index is 563. The summed E-state index contributed by atoms with van der Waals surface area (Å²) in [4.78, 5) is 4.37. The van der Waals surface area contributed by atoms with Crippen LogP contribution in [0.25, 0.3) is 5.69 Å². The molecule has 0 fully saturated rings. The van der Waals surface area contributed by atoms with Crippen LogP contribution >= 0.6 is 15.9 Å². The van der Waals surface area contributed by atoms with Crippen LogP contribution in [0.2, 0.25) is 0 Å². The van der Waals surface area contributed by atoms with Gasteiger partial charge >= 0.3 is 0 Å². The van der Waals surface area contributed by atoms with Crippen molar-refractivity contribution in [2.24, 2.45) is 0 Å². The van der Waals surface area contributed by atoms with E-state index in [0.29, 0.717) is 6.04 Å². The van der Waals surface area contributed by atoms with Crippen LogP contribution in [-0.2, 0) is 6.42 Å². The van der Waals surface area contributed by atoms with E-state index in [4.69, 9.17) is 0 Å². The van der Waals surface area contributed by atoms with E-state index in [0.717, 1.165) is 35.4 Å². The molecule has 2 aromatic rings. The third-order valence-corrected chi connectivity index (χ3v) is 4.15. The predicted octanol–water partition coefficient (Wildman–Crippen LogP) is 4.26. The van der Waals surface area contributed by atoms with Crippen molar-refractivity contribution in [2.75, 3.05) is 6.54 Å². The number of rotatable bonds is 6. The highest BCUT2D eigenvalue weighted by Crippen LogP contribution is 2.26. The molecule has 2 rings (SSSR count). The van der Waals surface area contributed by atoms with E-state index in [1.54, 1.807) is 0 Å². The number of benzene rings is 1. The van der Waals surface area contributed by atoms with E-state index in [1.165, 1.54) is 5.56 Å². The van der Waals surface area contributed by atoms with Gasteiger partial charge in [0.05, 0.1) is 0 Å². The lowest BCUT2D eigenvalue weighted by Gasteiger charge is -2.17. The fourth-order valence-corrected chi connectivity index (χ4v) is 3.03. The molecule has 1 atom stereocenters. The molecule has 0 radical (unpaired) electrons. The average molecular weight is 336 g/mol. The molecule has 1 N–H and O–H groups in total. The van der Waals surface area contributed by atoms with Crippen LogP contribution in [0.1, 0.15) is 44.6 Å². The van der Waals surface area contributed by atoms with E-state index in [1.807, 2.05) is 12.4 Å². The number of hydrogen-bond acceptors (Lipinski definition) is 2. The van der Waals surface area contributed by atoms with Crippen molar-refractivity contribution in [1.82, 2.24) is 14.9 Å². The van der Waals surface area contributed by atoms with E-state index in [9.17, 15) is 0 Å². The van der Waals surface area contributed by atoms with Gasteiger partial charge in [-0.1, -0.05) is 35.8 Å². The highest BCUT2D eigenvalue weighted by Gasteiger charge is 2.10. The number of nitrogens with zero attached hydrogens (tertiary/aromatic N) is 2. The predicted molar refractivity (Wildman–Crippen MR) is 87.4 cm³/mol. The minimum atomic E-state index is 0.354. The second-order valence-electron chi connectivity index (χ2n) is 4.95. The van der Waals surface area contributed by atoms with Gasteiger partial charge in [-0.15, -0.1) is 0 Å². The van der Waals surface area contributed by atoms with Crippen molar-refractivity contribution in [3.05, 3.63) is 46.5 Å². The molecule has 108 valence electrons. The zero-order valence-corrected chi connectivity index (χ0v) is 13.9. The van der Waals surface area contributed by atoms with Gasteiger partial charge in [-0.2, -0.15) is 0 Å². The van der Waals surface area contributed by atoms with Gasteiger partial charge < -0.3 is 9.88 Å². The summed E-state index contributed by atoms with van der Waals surface area (Å²) in [7, 11) is 0. The zero-order chi connectivity index (χ0) is 14.5. The van der Waals surface area contributed by atoms with Crippen LogP contribution in [0.15, 0.2) is 35.1 Å². The molecule has 0 aliphatic heterocycles. The molecule has 1 aromatic heterocycles. The Morgan fingerprint density at radius 1 is 1.35 bits per heavy atom. The van der Waals surface area contributed by atoms with Crippen LogP contribution in [0, 0.1) is 0 Å². The third kappa shape index (κ3) is 3.30. The fraction of sp³-hybridized carbons (Fsp3) is 0.438. The standard InChI is InChI=1S/C16H22BrN3/c1-4-8-18-12(3)14-7-6-13(11-15(14)17)20-10-9-19-16(20)5-2/h6-7,9-12,18H,4-5,8H2,1-3H3. The van der Waals surface area contributed by atoms with Gasteiger partial charge in [0.25, 0.3) is 0 Å². The topological polar surface area (TPSA) is 29.9 Å². The summed E-state index contributed by atoms with van der Waals surface area (Å²) in [6.07, 6.45) is 5.95. The quantitative estimate of drug-likeness (QED) is 0.854. The Morgan fingerprint density at radius 2 is 2.15 bits per heavy atom. The molecule has 0 bridgehead atoms. The van der Waals surface area contributed by atoms with Crippen molar-refractivity contribution in [1.29, 1.82) is 0 Å².